The number of unbranched alkanes of at least 4 members (excludes halogenated alkanes) is 17. The van der Waals surface area contributed by atoms with Gasteiger partial charge in [0.1, 0.15) is 5.75 Å². The van der Waals surface area contributed by atoms with E-state index in [2.05, 4.69) is 54.5 Å². The average Bonchev–Trinajstić information content (AvgIpc) is 2.84. The van der Waals surface area contributed by atoms with E-state index in [1.54, 1.807) is 0 Å². The summed E-state index contributed by atoms with van der Waals surface area (Å²) >= 11 is 0. The Hall–Kier alpha value is -0.660. The molecule has 0 radical (unpaired) electrons. The standard InChI is InChI=1S/C34H62FO2P/c1-8-9-10-11-12-13-14-15-16-17-18-19-20-21-22-23-24-25-28-36-38(35)37-32-27-26-30(33(2,3)4)29-31(32)34(5,6)7/h26-27,29H,8-25,28H2,1-7H3. The maximum absolute atomic E-state index is 14.5. The van der Waals surface area contributed by atoms with Crippen molar-refractivity contribution in [1.29, 1.82) is 0 Å². The molecule has 222 valence electrons. The van der Waals surface area contributed by atoms with Gasteiger partial charge in [0, 0.05) is 5.56 Å². The third-order valence-electron chi connectivity index (χ3n) is 7.51. The fourth-order valence-corrected chi connectivity index (χ4v) is 5.55. The Morgan fingerprint density at radius 2 is 1.03 bits per heavy atom. The van der Waals surface area contributed by atoms with E-state index in [1.165, 1.54) is 108 Å². The van der Waals surface area contributed by atoms with E-state index in [0.717, 1.165) is 18.4 Å². The van der Waals surface area contributed by atoms with Gasteiger partial charge in [-0.1, -0.05) is 170 Å². The zero-order chi connectivity index (χ0) is 28.3. The molecule has 0 saturated carbocycles. The van der Waals surface area contributed by atoms with Crippen molar-refractivity contribution in [2.45, 2.75) is 175 Å². The molecule has 1 aromatic carbocycles. The molecule has 0 N–H and O–H groups in total. The molecule has 0 aliphatic carbocycles. The van der Waals surface area contributed by atoms with Gasteiger partial charge in [-0.2, -0.15) is 0 Å². The van der Waals surface area contributed by atoms with Gasteiger partial charge in [-0.3, -0.25) is 4.52 Å². The van der Waals surface area contributed by atoms with Crippen molar-refractivity contribution in [3.63, 3.8) is 0 Å². The van der Waals surface area contributed by atoms with Crippen molar-refractivity contribution < 1.29 is 13.2 Å². The molecule has 0 spiro atoms. The Labute approximate surface area is 238 Å². The quantitative estimate of drug-likeness (QED) is 0.105. The molecule has 1 unspecified atom stereocenters. The highest BCUT2D eigenvalue weighted by Crippen LogP contribution is 2.45. The number of hydrogen-bond acceptors (Lipinski definition) is 2. The van der Waals surface area contributed by atoms with Crippen molar-refractivity contribution >= 4 is 8.69 Å². The molecule has 1 atom stereocenters. The molecular weight excluding hydrogens is 490 g/mol. The normalized spacial score (nSPS) is 13.2. The van der Waals surface area contributed by atoms with E-state index in [0.29, 0.717) is 12.4 Å². The van der Waals surface area contributed by atoms with Crippen LogP contribution < -0.4 is 4.52 Å². The van der Waals surface area contributed by atoms with Crippen molar-refractivity contribution in [3.8, 4) is 5.75 Å². The van der Waals surface area contributed by atoms with Crippen LogP contribution in [0.25, 0.3) is 0 Å². The average molecular weight is 553 g/mol. The number of hydrogen-bond donors (Lipinski definition) is 0. The molecule has 0 aromatic heterocycles. The summed E-state index contributed by atoms with van der Waals surface area (Å²) in [5.41, 5.74) is 2.19. The summed E-state index contributed by atoms with van der Waals surface area (Å²) in [6, 6.07) is 6.12. The summed E-state index contributed by atoms with van der Waals surface area (Å²) in [6.07, 6.45) is 24.2. The van der Waals surface area contributed by atoms with Crippen LogP contribution in [-0.2, 0) is 15.4 Å². The van der Waals surface area contributed by atoms with Gasteiger partial charge in [-0.15, -0.1) is 4.20 Å². The summed E-state index contributed by atoms with van der Waals surface area (Å²) in [4.78, 5) is 0. The molecule has 4 heteroatoms. The minimum Gasteiger partial charge on any atom is -0.423 e. The zero-order valence-electron chi connectivity index (χ0n) is 26.3. The van der Waals surface area contributed by atoms with E-state index < -0.39 is 8.69 Å². The van der Waals surface area contributed by atoms with Crippen molar-refractivity contribution in [1.82, 2.24) is 0 Å². The van der Waals surface area contributed by atoms with Crippen LogP contribution in [0.4, 0.5) is 4.20 Å². The minimum absolute atomic E-state index is 0.0438. The summed E-state index contributed by atoms with van der Waals surface area (Å²) in [6.45, 7) is 15.7. The molecule has 0 fully saturated rings. The summed E-state index contributed by atoms with van der Waals surface area (Å²) in [7, 11) is -2.40. The topological polar surface area (TPSA) is 18.5 Å². The smallest absolute Gasteiger partial charge is 0.423 e. The lowest BCUT2D eigenvalue weighted by Crippen LogP contribution is -2.17. The lowest BCUT2D eigenvalue weighted by molar-refractivity contribution is 0.276. The molecule has 1 rings (SSSR count). The fraction of sp³-hybridized carbons (Fsp3) is 0.824. The first-order chi connectivity index (χ1) is 18.1. The maximum Gasteiger partial charge on any atom is 0.439 e. The third kappa shape index (κ3) is 17.1. The van der Waals surface area contributed by atoms with Gasteiger partial charge >= 0.3 is 8.69 Å². The number of rotatable bonds is 22. The van der Waals surface area contributed by atoms with Crippen LogP contribution in [0.15, 0.2) is 18.2 Å². The molecule has 1 aromatic rings. The third-order valence-corrected chi connectivity index (χ3v) is 8.24. The van der Waals surface area contributed by atoms with E-state index in [-0.39, 0.29) is 10.8 Å². The second kappa shape index (κ2) is 20.3. The predicted octanol–water partition coefficient (Wildman–Crippen LogP) is 12.9. The molecule has 0 aliphatic rings. The van der Waals surface area contributed by atoms with Gasteiger partial charge in [0.2, 0.25) is 0 Å². The Kier molecular flexibility index (Phi) is 18.8. The van der Waals surface area contributed by atoms with E-state index >= 15 is 0 Å². The van der Waals surface area contributed by atoms with E-state index in [4.69, 9.17) is 9.05 Å². The lowest BCUT2D eigenvalue weighted by atomic mass is 9.80. The van der Waals surface area contributed by atoms with E-state index in [1.807, 2.05) is 12.1 Å². The summed E-state index contributed by atoms with van der Waals surface area (Å²) in [5, 5.41) is 0. The SMILES string of the molecule is CCCCCCCCCCCCCCCCCCCCOP(F)Oc1ccc(C(C)(C)C)cc1C(C)(C)C. The number of halogens is 1. The Balaban J connectivity index is 2.04. The number of benzene rings is 1. The summed E-state index contributed by atoms with van der Waals surface area (Å²) in [5.74, 6) is 0.608. The molecule has 0 saturated heterocycles. The lowest BCUT2D eigenvalue weighted by Gasteiger charge is -2.27. The van der Waals surface area contributed by atoms with Crippen molar-refractivity contribution in [2.24, 2.45) is 0 Å². The van der Waals surface area contributed by atoms with Crippen LogP contribution in [-0.4, -0.2) is 6.61 Å². The molecule has 0 amide bonds. The van der Waals surface area contributed by atoms with Gasteiger partial charge in [0.05, 0.1) is 6.61 Å². The maximum atomic E-state index is 14.5. The highest BCUT2D eigenvalue weighted by Gasteiger charge is 2.25. The Morgan fingerprint density at radius 1 is 0.605 bits per heavy atom. The van der Waals surface area contributed by atoms with Gasteiger partial charge in [0.25, 0.3) is 0 Å². The molecule has 0 aliphatic heterocycles. The second-order valence-electron chi connectivity index (χ2n) is 13.4. The first kappa shape index (κ1) is 35.4. The van der Waals surface area contributed by atoms with E-state index in [9.17, 15) is 4.20 Å². The van der Waals surface area contributed by atoms with Gasteiger partial charge < -0.3 is 4.52 Å². The molecule has 38 heavy (non-hydrogen) atoms. The van der Waals surface area contributed by atoms with Gasteiger partial charge in [-0.05, 0) is 28.9 Å². The first-order valence-corrected chi connectivity index (χ1v) is 17.0. The molecule has 0 heterocycles. The van der Waals surface area contributed by atoms with Crippen LogP contribution in [0.3, 0.4) is 0 Å². The Morgan fingerprint density at radius 3 is 1.42 bits per heavy atom. The zero-order valence-corrected chi connectivity index (χ0v) is 27.2. The highest BCUT2D eigenvalue weighted by atomic mass is 31.2. The van der Waals surface area contributed by atoms with Crippen LogP contribution >= 0.6 is 8.69 Å². The highest BCUT2D eigenvalue weighted by molar-refractivity contribution is 7.41. The largest absolute Gasteiger partial charge is 0.439 e. The van der Waals surface area contributed by atoms with Crippen LogP contribution in [0, 0.1) is 0 Å². The van der Waals surface area contributed by atoms with Crippen LogP contribution in [0.2, 0.25) is 0 Å². The van der Waals surface area contributed by atoms with Crippen molar-refractivity contribution in [2.75, 3.05) is 6.61 Å². The predicted molar refractivity (Wildman–Crippen MR) is 167 cm³/mol. The summed E-state index contributed by atoms with van der Waals surface area (Å²) < 4.78 is 25.6. The van der Waals surface area contributed by atoms with Gasteiger partial charge in [-0.25, -0.2) is 0 Å². The van der Waals surface area contributed by atoms with Crippen molar-refractivity contribution in [3.05, 3.63) is 29.3 Å². The van der Waals surface area contributed by atoms with Crippen LogP contribution in [0.1, 0.15) is 175 Å². The van der Waals surface area contributed by atoms with Gasteiger partial charge in [0.15, 0.2) is 0 Å². The minimum atomic E-state index is -2.40. The molecule has 0 bridgehead atoms. The Bertz CT molecular complexity index is 707. The fourth-order valence-electron chi connectivity index (χ4n) is 4.91. The molecule has 2 nitrogen and oxygen atoms in total. The first-order valence-electron chi connectivity index (χ1n) is 16.0. The second-order valence-corrected chi connectivity index (χ2v) is 14.2. The monoisotopic (exact) mass is 552 g/mol. The van der Waals surface area contributed by atoms with Crippen LogP contribution in [0.5, 0.6) is 5.75 Å². The molecular formula is C34H62FO2P.